The third-order valence-corrected chi connectivity index (χ3v) is 9.79. The van der Waals surface area contributed by atoms with Gasteiger partial charge in [0, 0.05) is 64.9 Å². The van der Waals surface area contributed by atoms with Crippen molar-refractivity contribution in [1.29, 1.82) is 0 Å². The monoisotopic (exact) mass is 579 g/mol. The Balaban J connectivity index is 1.13. The average Bonchev–Trinajstić information content (AvgIpc) is 2.92. The Labute approximate surface area is 238 Å². The summed E-state index contributed by atoms with van der Waals surface area (Å²) in [5, 5.41) is 2.87. The number of nitrogens with zero attached hydrogens (tertiary/aromatic N) is 4. The predicted octanol–water partition coefficient (Wildman–Crippen LogP) is 2.89. The first-order valence-corrected chi connectivity index (χ1v) is 15.8. The number of hydrogen-bond donors (Lipinski definition) is 1. The molecule has 0 unspecified atom stereocenters. The van der Waals surface area contributed by atoms with E-state index in [9.17, 15) is 18.0 Å². The number of piperidine rings is 2. The molecular weight excluding hydrogens is 534 g/mol. The van der Waals surface area contributed by atoms with E-state index in [-0.39, 0.29) is 18.7 Å². The summed E-state index contributed by atoms with van der Waals surface area (Å²) in [5.74, 6) is 0.493. The van der Waals surface area contributed by atoms with Crippen LogP contribution in [-0.4, -0.2) is 110 Å². The number of hydrogen-bond acceptors (Lipinski definition) is 7. The lowest BCUT2D eigenvalue weighted by molar-refractivity contribution is 0.0165. The maximum atomic E-state index is 13.3. The van der Waals surface area contributed by atoms with Crippen molar-refractivity contribution in [2.75, 3.05) is 58.9 Å². The van der Waals surface area contributed by atoms with Crippen molar-refractivity contribution in [2.24, 2.45) is 5.92 Å². The highest BCUT2D eigenvalue weighted by molar-refractivity contribution is 7.86. The van der Waals surface area contributed by atoms with Gasteiger partial charge < -0.3 is 24.6 Å². The molecule has 1 aromatic carbocycles. The number of likely N-dealkylation sites (tertiary alicyclic amines) is 1. The van der Waals surface area contributed by atoms with Gasteiger partial charge in [0.2, 0.25) is 0 Å². The third kappa shape index (κ3) is 8.79. The third-order valence-electron chi connectivity index (χ3n) is 7.76. The Morgan fingerprint density at radius 2 is 1.48 bits per heavy atom. The van der Waals surface area contributed by atoms with Gasteiger partial charge in [-0.25, -0.2) is 9.59 Å². The zero-order chi connectivity index (χ0) is 28.8. The highest BCUT2D eigenvalue weighted by Gasteiger charge is 2.36. The second-order valence-corrected chi connectivity index (χ2v) is 13.9. The SMILES string of the molecule is CC(C)(C)OC(=O)N1CCC(CN2CCN(S(=O)(=O)N3CCC(NC(=O)OCc4ccccc4)CC3)CC2)CC1. The normalized spacial score (nSPS) is 21.2. The van der Waals surface area contributed by atoms with Crippen LogP contribution >= 0.6 is 0 Å². The summed E-state index contributed by atoms with van der Waals surface area (Å²) in [5.41, 5.74) is 0.430. The molecule has 0 saturated carbocycles. The first-order valence-electron chi connectivity index (χ1n) is 14.4. The molecular formula is C28H45N5O6S. The summed E-state index contributed by atoms with van der Waals surface area (Å²) in [4.78, 5) is 28.6. The van der Waals surface area contributed by atoms with E-state index in [1.807, 2.05) is 51.1 Å². The molecule has 3 heterocycles. The van der Waals surface area contributed by atoms with Crippen LogP contribution in [0.15, 0.2) is 30.3 Å². The number of carbonyl (C=O) groups is 2. The second kappa shape index (κ2) is 13.5. The number of ether oxygens (including phenoxy) is 2. The fourth-order valence-corrected chi connectivity index (χ4v) is 7.08. The molecule has 0 atom stereocenters. The fraction of sp³-hybridized carbons (Fsp3) is 0.714. The Hall–Kier alpha value is -2.41. The Morgan fingerprint density at radius 1 is 0.875 bits per heavy atom. The van der Waals surface area contributed by atoms with Gasteiger partial charge in [-0.2, -0.15) is 17.0 Å². The molecule has 2 amide bonds. The van der Waals surface area contributed by atoms with E-state index >= 15 is 0 Å². The molecule has 224 valence electrons. The van der Waals surface area contributed by atoms with E-state index in [4.69, 9.17) is 9.47 Å². The first-order chi connectivity index (χ1) is 19.0. The summed E-state index contributed by atoms with van der Waals surface area (Å²) in [6.07, 6.45) is 2.26. The lowest BCUT2D eigenvalue weighted by atomic mass is 9.96. The van der Waals surface area contributed by atoms with Gasteiger partial charge in [-0.3, -0.25) is 0 Å². The van der Waals surface area contributed by atoms with Gasteiger partial charge in [0.1, 0.15) is 12.2 Å². The first kappa shape index (κ1) is 30.5. The topological polar surface area (TPSA) is 112 Å². The quantitative estimate of drug-likeness (QED) is 0.529. The van der Waals surface area contributed by atoms with Gasteiger partial charge in [-0.05, 0) is 57.9 Å². The zero-order valence-corrected chi connectivity index (χ0v) is 24.9. The van der Waals surface area contributed by atoms with Gasteiger partial charge >= 0.3 is 12.2 Å². The lowest BCUT2D eigenvalue weighted by Gasteiger charge is -2.40. The minimum atomic E-state index is -3.53. The molecule has 3 aliphatic rings. The maximum absolute atomic E-state index is 13.3. The van der Waals surface area contributed by atoms with E-state index in [1.165, 1.54) is 0 Å². The van der Waals surface area contributed by atoms with Crippen LogP contribution in [0.3, 0.4) is 0 Å². The number of amides is 2. The standard InChI is InChI=1S/C28H45N5O6S/c1-28(2,3)39-27(35)31-13-9-23(10-14-31)21-30-17-19-33(20-18-30)40(36,37)32-15-11-25(12-16-32)29-26(34)38-22-24-7-5-4-6-8-24/h4-8,23,25H,9-22H2,1-3H3,(H,29,34). The van der Waals surface area contributed by atoms with Crippen molar-refractivity contribution in [3.63, 3.8) is 0 Å². The van der Waals surface area contributed by atoms with Crippen molar-refractivity contribution in [1.82, 2.24) is 23.7 Å². The summed E-state index contributed by atoms with van der Waals surface area (Å²) < 4.78 is 40.5. The minimum Gasteiger partial charge on any atom is -0.445 e. The molecule has 0 aliphatic carbocycles. The lowest BCUT2D eigenvalue weighted by Crippen LogP contribution is -2.56. The molecule has 0 radical (unpaired) electrons. The minimum absolute atomic E-state index is 0.103. The van der Waals surface area contributed by atoms with Crippen molar-refractivity contribution >= 4 is 22.4 Å². The number of rotatable bonds is 7. The van der Waals surface area contributed by atoms with Gasteiger partial charge in [0.05, 0.1) is 0 Å². The number of nitrogens with one attached hydrogen (secondary N) is 1. The van der Waals surface area contributed by atoms with E-state index in [0.29, 0.717) is 71.1 Å². The van der Waals surface area contributed by atoms with Gasteiger partial charge in [0.25, 0.3) is 10.2 Å². The Morgan fingerprint density at radius 3 is 2.08 bits per heavy atom. The molecule has 12 heteroatoms. The fourth-order valence-electron chi connectivity index (χ4n) is 5.46. The second-order valence-electron chi connectivity index (χ2n) is 12.0. The Kier molecular flexibility index (Phi) is 10.3. The molecule has 1 N–H and O–H groups in total. The average molecular weight is 580 g/mol. The maximum Gasteiger partial charge on any atom is 0.410 e. The van der Waals surface area contributed by atoms with Crippen LogP contribution in [0.5, 0.6) is 0 Å². The number of piperazine rings is 1. The molecule has 3 aliphatic heterocycles. The van der Waals surface area contributed by atoms with Gasteiger partial charge in [-0.1, -0.05) is 30.3 Å². The smallest absolute Gasteiger partial charge is 0.410 e. The predicted molar refractivity (Wildman–Crippen MR) is 152 cm³/mol. The molecule has 1 aromatic rings. The highest BCUT2D eigenvalue weighted by atomic mass is 32.2. The van der Waals surface area contributed by atoms with E-state index in [1.54, 1.807) is 13.5 Å². The van der Waals surface area contributed by atoms with Gasteiger partial charge in [-0.15, -0.1) is 0 Å². The van der Waals surface area contributed by atoms with E-state index < -0.39 is 21.9 Å². The van der Waals surface area contributed by atoms with Crippen LogP contribution in [-0.2, 0) is 26.3 Å². The number of alkyl carbamates (subject to hydrolysis) is 1. The zero-order valence-electron chi connectivity index (χ0n) is 24.1. The van der Waals surface area contributed by atoms with Crippen molar-refractivity contribution in [3.8, 4) is 0 Å². The largest absolute Gasteiger partial charge is 0.445 e. The van der Waals surface area contributed by atoms with E-state index in [0.717, 1.165) is 24.9 Å². The van der Waals surface area contributed by atoms with Crippen LogP contribution in [0.2, 0.25) is 0 Å². The highest BCUT2D eigenvalue weighted by Crippen LogP contribution is 2.23. The molecule has 3 fully saturated rings. The summed E-state index contributed by atoms with van der Waals surface area (Å²) in [7, 11) is -3.53. The molecule has 3 saturated heterocycles. The van der Waals surface area contributed by atoms with Crippen LogP contribution in [0.1, 0.15) is 52.0 Å². The summed E-state index contributed by atoms with van der Waals surface area (Å²) in [6.45, 7) is 11.3. The van der Waals surface area contributed by atoms with Crippen molar-refractivity contribution < 1.29 is 27.5 Å². The Bertz CT molecular complexity index is 1070. The molecule has 0 bridgehead atoms. The molecule has 40 heavy (non-hydrogen) atoms. The number of benzene rings is 1. The van der Waals surface area contributed by atoms with Crippen LogP contribution in [0.4, 0.5) is 9.59 Å². The van der Waals surface area contributed by atoms with Crippen molar-refractivity contribution in [3.05, 3.63) is 35.9 Å². The van der Waals surface area contributed by atoms with Crippen molar-refractivity contribution in [2.45, 2.75) is 64.7 Å². The summed E-state index contributed by atoms with van der Waals surface area (Å²) >= 11 is 0. The number of carbonyl (C=O) groups excluding carboxylic acids is 2. The molecule has 0 spiro atoms. The molecule has 11 nitrogen and oxygen atoms in total. The summed E-state index contributed by atoms with van der Waals surface area (Å²) in [6, 6.07) is 9.39. The van der Waals surface area contributed by atoms with Gasteiger partial charge in [0.15, 0.2) is 0 Å². The van der Waals surface area contributed by atoms with E-state index in [2.05, 4.69) is 10.2 Å². The van der Waals surface area contributed by atoms with Crippen LogP contribution in [0, 0.1) is 5.92 Å². The van der Waals surface area contributed by atoms with Crippen LogP contribution in [0.25, 0.3) is 0 Å². The molecule has 4 rings (SSSR count). The molecule has 0 aromatic heterocycles. The van der Waals surface area contributed by atoms with Crippen LogP contribution < -0.4 is 5.32 Å².